The lowest BCUT2D eigenvalue weighted by atomic mass is 10.1. The van der Waals surface area contributed by atoms with Gasteiger partial charge < -0.3 is 24.7 Å². The summed E-state index contributed by atoms with van der Waals surface area (Å²) in [7, 11) is 3.19. The van der Waals surface area contributed by atoms with E-state index in [4.69, 9.17) is 9.47 Å². The van der Waals surface area contributed by atoms with Gasteiger partial charge in [-0.3, -0.25) is 4.79 Å². The highest BCUT2D eigenvalue weighted by atomic mass is 16.5. The number of rotatable bonds is 8. The van der Waals surface area contributed by atoms with Crippen molar-refractivity contribution in [2.24, 2.45) is 0 Å². The van der Waals surface area contributed by atoms with E-state index in [2.05, 4.69) is 10.3 Å². The number of anilines is 1. The zero-order chi connectivity index (χ0) is 24.8. The minimum Gasteiger partial charge on any atom is -0.493 e. The topological polar surface area (TPSA) is 83.7 Å². The van der Waals surface area contributed by atoms with Crippen molar-refractivity contribution < 1.29 is 14.3 Å². The number of fused-ring (bicyclic) bond motifs is 1. The summed E-state index contributed by atoms with van der Waals surface area (Å²) >= 11 is 0. The fraction of sp³-hybridized carbons (Fsp3) is 0.214. The number of ether oxygens (including phenoxy) is 2. The van der Waals surface area contributed by atoms with Gasteiger partial charge in [0.15, 0.2) is 11.5 Å². The number of H-pyrrole nitrogens is 1. The molecule has 4 aromatic rings. The quantitative estimate of drug-likeness (QED) is 0.373. The average molecular weight is 472 g/mol. The molecule has 1 heterocycles. The number of methoxy groups -OCH3 is 2. The Balaban J connectivity index is 1.60. The Morgan fingerprint density at radius 3 is 2.46 bits per heavy atom. The van der Waals surface area contributed by atoms with E-state index in [0.29, 0.717) is 35.7 Å². The Morgan fingerprint density at radius 1 is 0.943 bits per heavy atom. The Bertz CT molecular complexity index is 1380. The van der Waals surface area contributed by atoms with Gasteiger partial charge in [-0.2, -0.15) is 0 Å². The number of carbonyl (C=O) groups is 1. The molecule has 2 amide bonds. The molecule has 7 heteroatoms. The highest BCUT2D eigenvalue weighted by molar-refractivity contribution is 5.89. The van der Waals surface area contributed by atoms with Gasteiger partial charge in [-0.25, -0.2) is 4.79 Å². The monoisotopic (exact) mass is 471 g/mol. The summed E-state index contributed by atoms with van der Waals surface area (Å²) in [5.41, 5.74) is 3.82. The first-order chi connectivity index (χ1) is 17.0. The van der Waals surface area contributed by atoms with Crippen molar-refractivity contribution in [2.75, 3.05) is 26.1 Å². The van der Waals surface area contributed by atoms with E-state index in [1.807, 2.05) is 79.7 Å². The molecular formula is C28H29N3O4. The number of para-hydroxylation sites is 2. The number of nitrogens with zero attached hydrogens (tertiary/aromatic N) is 1. The van der Waals surface area contributed by atoms with Gasteiger partial charge in [-0.1, -0.05) is 42.5 Å². The van der Waals surface area contributed by atoms with Crippen LogP contribution in [0.25, 0.3) is 10.9 Å². The van der Waals surface area contributed by atoms with E-state index >= 15 is 0 Å². The van der Waals surface area contributed by atoms with Crippen LogP contribution in [0.4, 0.5) is 10.5 Å². The Labute approximate surface area is 204 Å². The Hall–Kier alpha value is -4.26. The van der Waals surface area contributed by atoms with Crippen LogP contribution in [-0.2, 0) is 13.0 Å². The number of pyridine rings is 1. The molecule has 2 N–H and O–H groups in total. The first-order valence-electron chi connectivity index (χ1n) is 11.4. The van der Waals surface area contributed by atoms with Crippen LogP contribution in [-0.4, -0.2) is 36.7 Å². The van der Waals surface area contributed by atoms with Crippen molar-refractivity contribution in [3.05, 3.63) is 99.8 Å². The van der Waals surface area contributed by atoms with Crippen molar-refractivity contribution in [3.8, 4) is 11.5 Å². The average Bonchev–Trinajstić information content (AvgIpc) is 2.87. The number of benzene rings is 3. The molecule has 0 unspecified atom stereocenters. The fourth-order valence-electron chi connectivity index (χ4n) is 4.03. The lowest BCUT2D eigenvalue weighted by Gasteiger charge is -2.23. The van der Waals surface area contributed by atoms with Crippen LogP contribution in [0.1, 0.15) is 16.7 Å². The largest absolute Gasteiger partial charge is 0.493 e. The molecule has 0 aliphatic rings. The number of carbonyl (C=O) groups excluding carboxylic acids is 1. The van der Waals surface area contributed by atoms with Crippen molar-refractivity contribution in [1.82, 2.24) is 9.88 Å². The number of aromatic nitrogens is 1. The molecule has 0 aliphatic heterocycles. The van der Waals surface area contributed by atoms with E-state index in [9.17, 15) is 9.59 Å². The molecular weight excluding hydrogens is 442 g/mol. The van der Waals surface area contributed by atoms with Crippen LogP contribution in [0.15, 0.2) is 77.6 Å². The Morgan fingerprint density at radius 2 is 1.71 bits per heavy atom. The molecule has 1 aromatic heterocycles. The maximum absolute atomic E-state index is 13.2. The second-order valence-corrected chi connectivity index (χ2v) is 8.32. The molecule has 0 fully saturated rings. The third-order valence-electron chi connectivity index (χ3n) is 5.96. The van der Waals surface area contributed by atoms with E-state index in [1.165, 1.54) is 0 Å². The lowest BCUT2D eigenvalue weighted by Crippen LogP contribution is -2.37. The normalized spacial score (nSPS) is 10.7. The molecule has 0 atom stereocenters. The van der Waals surface area contributed by atoms with Crippen molar-refractivity contribution in [2.45, 2.75) is 19.9 Å². The van der Waals surface area contributed by atoms with E-state index in [1.54, 1.807) is 19.1 Å². The highest BCUT2D eigenvalue weighted by Crippen LogP contribution is 2.28. The number of urea groups is 1. The summed E-state index contributed by atoms with van der Waals surface area (Å²) in [4.78, 5) is 30.8. The molecule has 35 heavy (non-hydrogen) atoms. The second-order valence-electron chi connectivity index (χ2n) is 8.32. The third-order valence-corrected chi connectivity index (χ3v) is 5.96. The summed E-state index contributed by atoms with van der Waals surface area (Å²) in [5, 5.41) is 3.87. The number of hydrogen-bond acceptors (Lipinski definition) is 4. The van der Waals surface area contributed by atoms with Crippen molar-refractivity contribution >= 4 is 22.6 Å². The molecule has 0 bridgehead atoms. The van der Waals surface area contributed by atoms with Crippen LogP contribution in [0, 0.1) is 6.92 Å². The predicted octanol–water partition coefficient (Wildman–Crippen LogP) is 5.13. The summed E-state index contributed by atoms with van der Waals surface area (Å²) in [6, 6.07) is 22.4. The van der Waals surface area contributed by atoms with Crippen LogP contribution >= 0.6 is 0 Å². The van der Waals surface area contributed by atoms with Crippen molar-refractivity contribution in [1.29, 1.82) is 0 Å². The summed E-state index contributed by atoms with van der Waals surface area (Å²) in [6.07, 6.45) is 0.577. The van der Waals surface area contributed by atoms with Gasteiger partial charge in [0, 0.05) is 17.8 Å². The fourth-order valence-corrected chi connectivity index (χ4v) is 4.03. The number of aromatic amines is 1. The Kier molecular flexibility index (Phi) is 7.35. The number of amides is 2. The first kappa shape index (κ1) is 23.9. The molecule has 0 aliphatic carbocycles. The highest BCUT2D eigenvalue weighted by Gasteiger charge is 2.17. The standard InChI is InChI=1S/C28H29N3O4/c1-19-8-7-9-21-17-22(27(32)30-26(19)21)18-31(28(33)29-23-10-5-4-6-11-23)15-14-20-12-13-24(34-2)25(16-20)35-3/h4-13,16-17H,14-15,18H2,1-3H3,(H,29,33)(H,30,32). The molecule has 7 nitrogen and oxygen atoms in total. The maximum Gasteiger partial charge on any atom is 0.322 e. The summed E-state index contributed by atoms with van der Waals surface area (Å²) < 4.78 is 10.7. The maximum atomic E-state index is 13.2. The SMILES string of the molecule is COc1ccc(CCN(Cc2cc3cccc(C)c3[nH]c2=O)C(=O)Nc2ccccc2)cc1OC. The van der Waals surface area contributed by atoms with Gasteiger partial charge in [-0.05, 0) is 60.2 Å². The van der Waals surface area contributed by atoms with Crippen molar-refractivity contribution in [3.63, 3.8) is 0 Å². The first-order valence-corrected chi connectivity index (χ1v) is 11.4. The lowest BCUT2D eigenvalue weighted by molar-refractivity contribution is 0.209. The molecule has 3 aromatic carbocycles. The summed E-state index contributed by atoms with van der Waals surface area (Å²) in [5.74, 6) is 1.28. The molecule has 180 valence electrons. The number of aryl methyl sites for hydroxylation is 1. The summed E-state index contributed by atoms with van der Waals surface area (Å²) in [6.45, 7) is 2.53. The molecule has 0 spiro atoms. The van der Waals surface area contributed by atoms with Crippen LogP contribution < -0.4 is 20.3 Å². The van der Waals surface area contributed by atoms with E-state index < -0.39 is 0 Å². The van der Waals surface area contributed by atoms with Gasteiger partial charge in [0.25, 0.3) is 5.56 Å². The predicted molar refractivity (Wildman–Crippen MR) is 138 cm³/mol. The number of nitrogens with one attached hydrogen (secondary N) is 2. The molecule has 4 rings (SSSR count). The number of hydrogen-bond donors (Lipinski definition) is 2. The van der Waals surface area contributed by atoms with Gasteiger partial charge in [0.2, 0.25) is 0 Å². The molecule has 0 saturated carbocycles. The molecule has 0 radical (unpaired) electrons. The van der Waals surface area contributed by atoms with Crippen LogP contribution in [0.2, 0.25) is 0 Å². The molecule has 0 saturated heterocycles. The van der Waals surface area contributed by atoms with Gasteiger partial charge in [-0.15, -0.1) is 0 Å². The van der Waals surface area contributed by atoms with Gasteiger partial charge in [0.1, 0.15) is 0 Å². The minimum absolute atomic E-state index is 0.172. The zero-order valence-electron chi connectivity index (χ0n) is 20.1. The van der Waals surface area contributed by atoms with Gasteiger partial charge in [0.05, 0.1) is 26.3 Å². The van der Waals surface area contributed by atoms with E-state index in [-0.39, 0.29) is 18.1 Å². The van der Waals surface area contributed by atoms with Crippen LogP contribution in [0.3, 0.4) is 0 Å². The second kappa shape index (κ2) is 10.8. The smallest absolute Gasteiger partial charge is 0.322 e. The van der Waals surface area contributed by atoms with E-state index in [0.717, 1.165) is 22.0 Å². The minimum atomic E-state index is -0.277. The third kappa shape index (κ3) is 5.63. The van der Waals surface area contributed by atoms with Gasteiger partial charge >= 0.3 is 6.03 Å². The van der Waals surface area contributed by atoms with Crippen LogP contribution in [0.5, 0.6) is 11.5 Å². The zero-order valence-corrected chi connectivity index (χ0v) is 20.1.